The fourth-order valence-electron chi connectivity index (χ4n) is 2.98. The third-order valence-electron chi connectivity index (χ3n) is 4.49. The zero-order valence-corrected chi connectivity index (χ0v) is 20.2. The van der Waals surface area contributed by atoms with Crippen LogP contribution in [0.1, 0.15) is 23.5 Å². The minimum atomic E-state index is -0.635. The number of aliphatic hydroxyl groups excluding tert-OH is 1. The molecule has 1 heterocycles. The second-order valence-electron chi connectivity index (χ2n) is 6.60. The van der Waals surface area contributed by atoms with Gasteiger partial charge in [0, 0.05) is 22.7 Å². The van der Waals surface area contributed by atoms with E-state index in [1.54, 1.807) is 17.4 Å². The van der Waals surface area contributed by atoms with Gasteiger partial charge in [-0.3, -0.25) is 4.99 Å². The van der Waals surface area contributed by atoms with Gasteiger partial charge in [0.2, 0.25) is 0 Å². The van der Waals surface area contributed by atoms with E-state index in [0.29, 0.717) is 18.3 Å². The van der Waals surface area contributed by atoms with E-state index in [2.05, 4.69) is 27.8 Å². The Morgan fingerprint density at radius 1 is 1.17 bits per heavy atom. The molecule has 0 aliphatic heterocycles. The molecule has 3 rings (SSSR count). The summed E-state index contributed by atoms with van der Waals surface area (Å²) in [7, 11) is 1.54. The van der Waals surface area contributed by atoms with E-state index in [1.165, 1.54) is 11.8 Å². The second-order valence-corrected chi connectivity index (χ2v) is 7.72. The number of benzene rings is 2. The van der Waals surface area contributed by atoms with Crippen LogP contribution in [-0.2, 0) is 6.42 Å². The van der Waals surface area contributed by atoms with Crippen molar-refractivity contribution in [2.75, 3.05) is 26.7 Å². The summed E-state index contributed by atoms with van der Waals surface area (Å²) < 4.78 is 6.31. The fraction of sp³-hybridized carbons (Fsp3) is 0.318. The molecule has 2 aromatic carbocycles. The standard InChI is InChI=1S/C22H27N3O3S.HI/c1-3-23-22(24-11-10-15-8-9-17(26)19(12-15)28-2)25-14-18(27)21-13-16-6-4-5-7-20(16)29-21;/h4-9,12-13,18,26-27H,3,10-11,14H2,1-2H3,(H2,23,24,25);1H. The molecule has 30 heavy (non-hydrogen) atoms. The number of fused-ring (bicyclic) bond motifs is 1. The predicted octanol–water partition coefficient (Wildman–Crippen LogP) is 4.06. The summed E-state index contributed by atoms with van der Waals surface area (Å²) in [6, 6.07) is 15.5. The summed E-state index contributed by atoms with van der Waals surface area (Å²) in [6.45, 7) is 3.69. The molecule has 0 aliphatic rings. The molecular formula is C22H28IN3O3S. The van der Waals surface area contributed by atoms with Gasteiger partial charge < -0.3 is 25.6 Å². The Hall–Kier alpha value is -2.04. The van der Waals surface area contributed by atoms with Crippen LogP contribution in [0.5, 0.6) is 11.5 Å². The molecule has 0 saturated carbocycles. The molecule has 0 amide bonds. The van der Waals surface area contributed by atoms with Crippen LogP contribution < -0.4 is 15.4 Å². The van der Waals surface area contributed by atoms with Crippen molar-refractivity contribution in [2.24, 2.45) is 4.99 Å². The van der Waals surface area contributed by atoms with Crippen molar-refractivity contribution in [1.29, 1.82) is 0 Å². The molecule has 162 valence electrons. The molecule has 6 nitrogen and oxygen atoms in total. The Kier molecular flexibility index (Phi) is 9.67. The second kappa shape index (κ2) is 12.0. The number of aliphatic hydroxyl groups is 1. The Bertz CT molecular complexity index is 944. The van der Waals surface area contributed by atoms with Crippen LogP contribution in [0.4, 0.5) is 0 Å². The summed E-state index contributed by atoms with van der Waals surface area (Å²) in [5, 5.41) is 27.9. The number of aliphatic imine (C=N–C) groups is 1. The van der Waals surface area contributed by atoms with Crippen molar-refractivity contribution in [2.45, 2.75) is 19.4 Å². The van der Waals surface area contributed by atoms with Gasteiger partial charge in [0.05, 0.1) is 13.7 Å². The molecular weight excluding hydrogens is 513 g/mol. The average molecular weight is 541 g/mol. The normalized spacial score (nSPS) is 12.3. The summed E-state index contributed by atoms with van der Waals surface area (Å²) >= 11 is 1.60. The highest BCUT2D eigenvalue weighted by Gasteiger charge is 2.11. The zero-order chi connectivity index (χ0) is 20.6. The minimum absolute atomic E-state index is 0. The summed E-state index contributed by atoms with van der Waals surface area (Å²) in [5.74, 6) is 1.27. The van der Waals surface area contributed by atoms with E-state index in [-0.39, 0.29) is 36.3 Å². The van der Waals surface area contributed by atoms with Gasteiger partial charge in [0.1, 0.15) is 6.10 Å². The number of guanidine groups is 1. The first-order chi connectivity index (χ1) is 14.1. The van der Waals surface area contributed by atoms with Crippen molar-refractivity contribution >= 4 is 51.4 Å². The molecule has 1 unspecified atom stereocenters. The number of rotatable bonds is 8. The molecule has 0 radical (unpaired) electrons. The topological polar surface area (TPSA) is 86.1 Å². The maximum absolute atomic E-state index is 10.5. The summed E-state index contributed by atoms with van der Waals surface area (Å²) in [4.78, 5) is 5.44. The van der Waals surface area contributed by atoms with Gasteiger partial charge in [0.25, 0.3) is 0 Å². The Morgan fingerprint density at radius 3 is 2.70 bits per heavy atom. The number of methoxy groups -OCH3 is 1. The van der Waals surface area contributed by atoms with Crippen LogP contribution in [-0.4, -0.2) is 42.9 Å². The lowest BCUT2D eigenvalue weighted by Crippen LogP contribution is -2.38. The number of aromatic hydroxyl groups is 1. The van der Waals surface area contributed by atoms with Crippen LogP contribution in [0.15, 0.2) is 53.5 Å². The van der Waals surface area contributed by atoms with Gasteiger partial charge in [-0.1, -0.05) is 24.3 Å². The highest BCUT2D eigenvalue weighted by molar-refractivity contribution is 14.0. The summed E-state index contributed by atoms with van der Waals surface area (Å²) in [5.41, 5.74) is 1.05. The predicted molar refractivity (Wildman–Crippen MR) is 135 cm³/mol. The van der Waals surface area contributed by atoms with Crippen LogP contribution in [0.3, 0.4) is 0 Å². The number of thiophene rings is 1. The van der Waals surface area contributed by atoms with E-state index in [0.717, 1.165) is 28.8 Å². The molecule has 4 N–H and O–H groups in total. The smallest absolute Gasteiger partial charge is 0.191 e. The highest BCUT2D eigenvalue weighted by Crippen LogP contribution is 2.30. The van der Waals surface area contributed by atoms with Crippen molar-refractivity contribution in [3.8, 4) is 11.5 Å². The molecule has 0 saturated heterocycles. The SMILES string of the molecule is CCNC(=NCC(O)c1cc2ccccc2s1)NCCc1ccc(O)c(OC)c1.I. The lowest BCUT2D eigenvalue weighted by atomic mass is 10.1. The number of nitrogens with one attached hydrogen (secondary N) is 2. The third kappa shape index (κ3) is 6.48. The van der Waals surface area contributed by atoms with Gasteiger partial charge in [-0.15, -0.1) is 35.3 Å². The van der Waals surface area contributed by atoms with E-state index < -0.39 is 6.10 Å². The number of phenols is 1. The van der Waals surface area contributed by atoms with Crippen molar-refractivity contribution < 1.29 is 14.9 Å². The molecule has 3 aromatic rings. The van der Waals surface area contributed by atoms with Gasteiger partial charge in [0.15, 0.2) is 17.5 Å². The number of phenolic OH excluding ortho intramolecular Hbond substituents is 1. The van der Waals surface area contributed by atoms with E-state index in [9.17, 15) is 10.2 Å². The highest BCUT2D eigenvalue weighted by atomic mass is 127. The molecule has 1 aromatic heterocycles. The Balaban J connectivity index is 0.00000320. The van der Waals surface area contributed by atoms with Crippen LogP contribution in [0.25, 0.3) is 10.1 Å². The molecule has 0 fully saturated rings. The molecule has 8 heteroatoms. The van der Waals surface area contributed by atoms with Gasteiger partial charge >= 0.3 is 0 Å². The first kappa shape index (κ1) is 24.2. The number of hydrogen-bond donors (Lipinski definition) is 4. The number of hydrogen-bond acceptors (Lipinski definition) is 5. The van der Waals surface area contributed by atoms with E-state index >= 15 is 0 Å². The Labute approximate surface area is 198 Å². The zero-order valence-electron chi connectivity index (χ0n) is 17.1. The lowest BCUT2D eigenvalue weighted by molar-refractivity contribution is 0.191. The van der Waals surface area contributed by atoms with Crippen molar-refractivity contribution in [1.82, 2.24) is 10.6 Å². The molecule has 1 atom stereocenters. The largest absolute Gasteiger partial charge is 0.504 e. The van der Waals surface area contributed by atoms with Crippen LogP contribution in [0.2, 0.25) is 0 Å². The third-order valence-corrected chi connectivity index (χ3v) is 5.71. The number of halogens is 1. The van der Waals surface area contributed by atoms with Gasteiger partial charge in [-0.05, 0) is 48.6 Å². The van der Waals surface area contributed by atoms with Crippen LogP contribution in [0, 0.1) is 0 Å². The minimum Gasteiger partial charge on any atom is -0.504 e. The van der Waals surface area contributed by atoms with Gasteiger partial charge in [-0.2, -0.15) is 0 Å². The lowest BCUT2D eigenvalue weighted by Gasteiger charge is -2.13. The van der Waals surface area contributed by atoms with Crippen molar-refractivity contribution in [3.63, 3.8) is 0 Å². The Morgan fingerprint density at radius 2 is 1.97 bits per heavy atom. The first-order valence-electron chi connectivity index (χ1n) is 9.65. The van der Waals surface area contributed by atoms with Gasteiger partial charge in [-0.25, -0.2) is 0 Å². The van der Waals surface area contributed by atoms with Crippen LogP contribution >= 0.6 is 35.3 Å². The molecule has 0 bridgehead atoms. The monoisotopic (exact) mass is 541 g/mol. The maximum atomic E-state index is 10.5. The number of ether oxygens (including phenoxy) is 1. The molecule has 0 spiro atoms. The summed E-state index contributed by atoms with van der Waals surface area (Å²) in [6.07, 6.45) is 0.115. The van der Waals surface area contributed by atoms with E-state index in [4.69, 9.17) is 4.74 Å². The molecule has 0 aliphatic carbocycles. The fourth-order valence-corrected chi connectivity index (χ4v) is 4.02. The number of nitrogens with zero attached hydrogens (tertiary/aromatic N) is 1. The maximum Gasteiger partial charge on any atom is 0.191 e. The first-order valence-corrected chi connectivity index (χ1v) is 10.5. The van der Waals surface area contributed by atoms with Crippen molar-refractivity contribution in [3.05, 3.63) is 59.0 Å². The van der Waals surface area contributed by atoms with E-state index in [1.807, 2.05) is 37.3 Å². The average Bonchev–Trinajstić information content (AvgIpc) is 3.17. The quantitative estimate of drug-likeness (QED) is 0.196.